The number of likely N-dealkylation sites (tertiary alicyclic amines) is 1. The minimum atomic E-state index is -0.727. The molecule has 6 heteroatoms. The number of carbonyl (C=O) groups is 1. The smallest absolute Gasteiger partial charge is 0.313 e. The maximum atomic E-state index is 12.1. The summed E-state index contributed by atoms with van der Waals surface area (Å²) in [6, 6.07) is 7.86. The molecular formula is C18H20N4O2. The molecule has 0 radical (unpaired) electrons. The first-order chi connectivity index (χ1) is 11.6. The van der Waals surface area contributed by atoms with Crippen molar-refractivity contribution in [1.82, 2.24) is 14.9 Å². The van der Waals surface area contributed by atoms with Gasteiger partial charge in [0.2, 0.25) is 0 Å². The second-order valence-corrected chi connectivity index (χ2v) is 6.74. The highest BCUT2D eigenvalue weighted by Gasteiger charge is 2.57. The number of fused-ring (bicyclic) bond motifs is 2. The lowest BCUT2D eigenvalue weighted by Crippen LogP contribution is -2.41. The van der Waals surface area contributed by atoms with Crippen LogP contribution in [0.15, 0.2) is 43.2 Å². The highest BCUT2D eigenvalue weighted by atomic mass is 16.4. The van der Waals surface area contributed by atoms with Crippen molar-refractivity contribution in [2.75, 3.05) is 37.6 Å². The summed E-state index contributed by atoms with van der Waals surface area (Å²) in [5, 5.41) is 10.9. The minimum Gasteiger partial charge on any atom is -0.481 e. The van der Waals surface area contributed by atoms with Gasteiger partial charge in [0, 0.05) is 44.0 Å². The number of benzene rings is 1. The van der Waals surface area contributed by atoms with Gasteiger partial charge in [0.15, 0.2) is 0 Å². The molecule has 0 bridgehead atoms. The first kappa shape index (κ1) is 15.1. The Hall–Kier alpha value is -2.47. The monoisotopic (exact) mass is 324 g/mol. The second-order valence-electron chi connectivity index (χ2n) is 6.74. The SMILES string of the molecule is C=CCN1C[C@H]2CN(c3ncnc4ccccc34)C[C@@]2(C(=O)O)C1. The van der Waals surface area contributed by atoms with Gasteiger partial charge in [-0.1, -0.05) is 18.2 Å². The van der Waals surface area contributed by atoms with Crippen molar-refractivity contribution in [2.45, 2.75) is 0 Å². The molecule has 0 spiro atoms. The summed E-state index contributed by atoms with van der Waals surface area (Å²) < 4.78 is 0. The van der Waals surface area contributed by atoms with E-state index in [4.69, 9.17) is 0 Å². The average molecular weight is 324 g/mol. The number of carboxylic acid groups (broad SMARTS) is 1. The predicted octanol–water partition coefficient (Wildman–Crippen LogP) is 1.64. The van der Waals surface area contributed by atoms with Gasteiger partial charge in [0.25, 0.3) is 0 Å². The number of rotatable bonds is 4. The number of carboxylic acids is 1. The number of hydrogen-bond acceptors (Lipinski definition) is 5. The van der Waals surface area contributed by atoms with Gasteiger partial charge in [-0.25, -0.2) is 9.97 Å². The van der Waals surface area contributed by atoms with E-state index in [9.17, 15) is 9.90 Å². The van der Waals surface area contributed by atoms with Crippen LogP contribution in [0.5, 0.6) is 0 Å². The molecule has 124 valence electrons. The zero-order valence-corrected chi connectivity index (χ0v) is 13.4. The van der Waals surface area contributed by atoms with Gasteiger partial charge >= 0.3 is 5.97 Å². The van der Waals surface area contributed by atoms with E-state index < -0.39 is 11.4 Å². The fourth-order valence-electron chi connectivity index (χ4n) is 4.20. The lowest BCUT2D eigenvalue weighted by molar-refractivity contribution is -0.148. The van der Waals surface area contributed by atoms with E-state index in [1.165, 1.54) is 0 Å². The van der Waals surface area contributed by atoms with Gasteiger partial charge in [-0.3, -0.25) is 9.69 Å². The van der Waals surface area contributed by atoms with Gasteiger partial charge < -0.3 is 10.0 Å². The molecule has 1 aromatic carbocycles. The van der Waals surface area contributed by atoms with Crippen molar-refractivity contribution in [2.24, 2.45) is 11.3 Å². The minimum absolute atomic E-state index is 0.101. The number of aliphatic carboxylic acids is 1. The third-order valence-corrected chi connectivity index (χ3v) is 5.31. The number of hydrogen-bond donors (Lipinski definition) is 1. The molecule has 0 aliphatic carbocycles. The Morgan fingerprint density at radius 2 is 2.17 bits per heavy atom. The summed E-state index contributed by atoms with van der Waals surface area (Å²) >= 11 is 0. The van der Waals surface area contributed by atoms with Crippen molar-refractivity contribution in [3.8, 4) is 0 Å². The van der Waals surface area contributed by atoms with Gasteiger partial charge in [-0.15, -0.1) is 6.58 Å². The Morgan fingerprint density at radius 3 is 2.92 bits per heavy atom. The Labute approximate surface area is 140 Å². The van der Waals surface area contributed by atoms with Crippen molar-refractivity contribution < 1.29 is 9.90 Å². The van der Waals surface area contributed by atoms with E-state index in [-0.39, 0.29) is 5.92 Å². The maximum Gasteiger partial charge on any atom is 0.313 e. The Morgan fingerprint density at radius 1 is 1.33 bits per heavy atom. The molecule has 1 N–H and O–H groups in total. The standard InChI is InChI=1S/C18H20N4O2/c1-2-7-21-8-13-9-22(11-18(13,10-21)17(23)24)16-14-5-3-4-6-15(14)19-12-20-16/h2-6,12-13H,1,7-11H2,(H,23,24)/t13-,18-/m0/s1. The molecule has 2 saturated heterocycles. The third kappa shape index (κ3) is 2.17. The number of aromatic nitrogens is 2. The lowest BCUT2D eigenvalue weighted by Gasteiger charge is -2.26. The molecule has 2 aliphatic heterocycles. The highest BCUT2D eigenvalue weighted by molar-refractivity contribution is 5.90. The van der Waals surface area contributed by atoms with Crippen LogP contribution in [0.1, 0.15) is 0 Å². The van der Waals surface area contributed by atoms with Crippen LogP contribution in [0.2, 0.25) is 0 Å². The van der Waals surface area contributed by atoms with Crippen LogP contribution >= 0.6 is 0 Å². The normalized spacial score (nSPS) is 26.7. The fourth-order valence-corrected chi connectivity index (χ4v) is 4.20. The molecule has 2 atom stereocenters. The lowest BCUT2D eigenvalue weighted by atomic mass is 9.81. The van der Waals surface area contributed by atoms with E-state index in [1.807, 2.05) is 30.3 Å². The topological polar surface area (TPSA) is 69.6 Å². The van der Waals surface area contributed by atoms with Gasteiger partial charge in [-0.2, -0.15) is 0 Å². The molecular weight excluding hydrogens is 304 g/mol. The summed E-state index contributed by atoms with van der Waals surface area (Å²) in [5.74, 6) is 0.231. The van der Waals surface area contributed by atoms with Gasteiger partial charge in [0.1, 0.15) is 17.6 Å². The molecule has 0 saturated carbocycles. The van der Waals surface area contributed by atoms with E-state index in [2.05, 4.69) is 26.3 Å². The highest BCUT2D eigenvalue weighted by Crippen LogP contribution is 2.44. The van der Waals surface area contributed by atoms with E-state index in [0.29, 0.717) is 19.6 Å². The molecule has 4 rings (SSSR count). The first-order valence-electron chi connectivity index (χ1n) is 8.15. The largest absolute Gasteiger partial charge is 0.481 e. The van der Waals surface area contributed by atoms with Crippen LogP contribution in [0.25, 0.3) is 10.9 Å². The summed E-state index contributed by atoms with van der Waals surface area (Å²) in [5.41, 5.74) is 0.159. The molecule has 1 aromatic heterocycles. The van der Waals surface area contributed by atoms with Crippen LogP contribution in [0.3, 0.4) is 0 Å². The Balaban J connectivity index is 1.69. The van der Waals surface area contributed by atoms with Gasteiger partial charge in [-0.05, 0) is 12.1 Å². The molecule has 2 fully saturated rings. The summed E-state index contributed by atoms with van der Waals surface area (Å²) in [4.78, 5) is 25.1. The van der Waals surface area contributed by atoms with Crippen molar-refractivity contribution in [3.05, 3.63) is 43.2 Å². The summed E-state index contributed by atoms with van der Waals surface area (Å²) in [6.07, 6.45) is 3.40. The Kier molecular flexibility index (Phi) is 3.49. The average Bonchev–Trinajstić information content (AvgIpc) is 3.09. The van der Waals surface area contributed by atoms with E-state index in [0.717, 1.165) is 29.8 Å². The summed E-state index contributed by atoms with van der Waals surface area (Å²) in [6.45, 7) is 7.06. The molecule has 0 amide bonds. The predicted molar refractivity (Wildman–Crippen MR) is 91.9 cm³/mol. The van der Waals surface area contributed by atoms with E-state index in [1.54, 1.807) is 6.33 Å². The fraction of sp³-hybridized carbons (Fsp3) is 0.389. The third-order valence-electron chi connectivity index (χ3n) is 5.31. The quantitative estimate of drug-likeness (QED) is 0.862. The van der Waals surface area contributed by atoms with Crippen molar-refractivity contribution >= 4 is 22.7 Å². The zero-order valence-electron chi connectivity index (χ0n) is 13.4. The number of anilines is 1. The second kappa shape index (κ2) is 5.56. The van der Waals surface area contributed by atoms with Crippen molar-refractivity contribution in [1.29, 1.82) is 0 Å². The molecule has 0 unspecified atom stereocenters. The van der Waals surface area contributed by atoms with Crippen LogP contribution < -0.4 is 4.90 Å². The molecule has 2 aliphatic rings. The molecule has 24 heavy (non-hydrogen) atoms. The zero-order chi connectivity index (χ0) is 16.7. The van der Waals surface area contributed by atoms with Crippen LogP contribution in [-0.4, -0.2) is 58.7 Å². The number of para-hydroxylation sites is 1. The van der Waals surface area contributed by atoms with Crippen molar-refractivity contribution in [3.63, 3.8) is 0 Å². The van der Waals surface area contributed by atoms with E-state index >= 15 is 0 Å². The van der Waals surface area contributed by atoms with Crippen LogP contribution in [0.4, 0.5) is 5.82 Å². The van der Waals surface area contributed by atoms with Crippen LogP contribution in [-0.2, 0) is 4.79 Å². The van der Waals surface area contributed by atoms with Crippen LogP contribution in [0, 0.1) is 11.3 Å². The first-order valence-corrected chi connectivity index (χ1v) is 8.15. The maximum absolute atomic E-state index is 12.1. The molecule has 3 heterocycles. The summed E-state index contributed by atoms with van der Waals surface area (Å²) in [7, 11) is 0. The van der Waals surface area contributed by atoms with Gasteiger partial charge in [0.05, 0.1) is 5.52 Å². The molecule has 6 nitrogen and oxygen atoms in total. The Bertz CT molecular complexity index is 803. The molecule has 2 aromatic rings. The number of nitrogens with zero attached hydrogens (tertiary/aromatic N) is 4.